The molecule has 20 heavy (non-hydrogen) atoms. The van der Waals surface area contributed by atoms with Crippen LogP contribution < -0.4 is 16.0 Å². The van der Waals surface area contributed by atoms with Gasteiger partial charge in [-0.15, -0.1) is 0 Å². The molecule has 0 fully saturated rings. The van der Waals surface area contributed by atoms with Gasteiger partial charge >= 0.3 is 0 Å². The van der Waals surface area contributed by atoms with Crippen LogP contribution in [0.4, 0.5) is 0 Å². The van der Waals surface area contributed by atoms with E-state index in [0.29, 0.717) is 6.42 Å². The molecule has 0 aliphatic heterocycles. The second kappa shape index (κ2) is 6.83. The summed E-state index contributed by atoms with van der Waals surface area (Å²) >= 11 is 3.48. The molecule has 1 aromatic carbocycles. The number of benzene rings is 1. The lowest BCUT2D eigenvalue weighted by atomic mass is 10.0. The number of nitrogens with zero attached hydrogens (tertiary/aromatic N) is 1. The average Bonchev–Trinajstić information content (AvgIpc) is 2.45. The van der Waals surface area contributed by atoms with E-state index in [9.17, 15) is 0 Å². The number of hydrogen-bond acceptors (Lipinski definition) is 4. The number of ether oxygens (including phenoxy) is 1. The lowest BCUT2D eigenvalue weighted by Crippen LogP contribution is -2.30. The second-order valence-corrected chi connectivity index (χ2v) is 5.50. The van der Waals surface area contributed by atoms with Crippen LogP contribution in [0.25, 0.3) is 0 Å². The quantitative estimate of drug-likeness (QED) is 0.651. The predicted octanol–water partition coefficient (Wildman–Crippen LogP) is 2.91. The molecule has 1 aromatic heterocycles. The van der Waals surface area contributed by atoms with E-state index < -0.39 is 0 Å². The van der Waals surface area contributed by atoms with Crippen molar-refractivity contribution in [2.75, 3.05) is 7.11 Å². The summed E-state index contributed by atoms with van der Waals surface area (Å²) in [7, 11) is 1.67. The summed E-state index contributed by atoms with van der Waals surface area (Å²) in [5, 5.41) is 0. The van der Waals surface area contributed by atoms with Gasteiger partial charge in [-0.25, -0.2) is 0 Å². The van der Waals surface area contributed by atoms with Gasteiger partial charge in [0.05, 0.1) is 18.8 Å². The number of nitrogens with one attached hydrogen (secondary N) is 1. The largest absolute Gasteiger partial charge is 0.496 e. The maximum Gasteiger partial charge on any atom is 0.122 e. The Hall–Kier alpha value is -1.43. The Balaban J connectivity index is 2.28. The first-order valence-corrected chi connectivity index (χ1v) is 7.15. The Labute approximate surface area is 127 Å². The van der Waals surface area contributed by atoms with Gasteiger partial charge in [0.25, 0.3) is 0 Å². The van der Waals surface area contributed by atoms with Gasteiger partial charge in [0.15, 0.2) is 0 Å². The number of hydrogen-bond donors (Lipinski definition) is 2. The van der Waals surface area contributed by atoms with Gasteiger partial charge in [0.1, 0.15) is 5.75 Å². The Bertz CT molecular complexity index is 589. The highest BCUT2D eigenvalue weighted by Gasteiger charge is 2.15. The van der Waals surface area contributed by atoms with E-state index in [1.165, 1.54) is 0 Å². The summed E-state index contributed by atoms with van der Waals surface area (Å²) < 4.78 is 6.41. The molecule has 5 heteroatoms. The molecule has 0 saturated carbocycles. The van der Waals surface area contributed by atoms with E-state index in [1.54, 1.807) is 7.11 Å². The average molecular weight is 336 g/mol. The van der Waals surface area contributed by atoms with E-state index in [1.807, 2.05) is 43.3 Å². The first kappa shape index (κ1) is 15.0. The smallest absolute Gasteiger partial charge is 0.122 e. The van der Waals surface area contributed by atoms with Crippen molar-refractivity contribution in [3.63, 3.8) is 0 Å². The lowest BCUT2D eigenvalue weighted by Gasteiger charge is -2.18. The maximum absolute atomic E-state index is 5.69. The fourth-order valence-electron chi connectivity index (χ4n) is 2.13. The molecule has 0 spiro atoms. The van der Waals surface area contributed by atoms with Crippen molar-refractivity contribution < 1.29 is 4.74 Å². The van der Waals surface area contributed by atoms with Gasteiger partial charge in [0.2, 0.25) is 0 Å². The predicted molar refractivity (Wildman–Crippen MR) is 83.4 cm³/mol. The molecular formula is C15H18BrN3O. The molecule has 0 amide bonds. The molecule has 0 bridgehead atoms. The molecule has 4 nitrogen and oxygen atoms in total. The minimum atomic E-state index is -0.0573. The fourth-order valence-corrected chi connectivity index (χ4v) is 2.54. The zero-order valence-electron chi connectivity index (χ0n) is 11.6. The van der Waals surface area contributed by atoms with Crippen LogP contribution in [-0.2, 0) is 6.42 Å². The molecule has 3 N–H and O–H groups in total. The molecule has 106 valence electrons. The van der Waals surface area contributed by atoms with Gasteiger partial charge in [-0.05, 0) is 49.2 Å². The van der Waals surface area contributed by atoms with Gasteiger partial charge in [0, 0.05) is 10.2 Å². The van der Waals surface area contributed by atoms with Crippen LogP contribution in [-0.4, -0.2) is 12.1 Å². The number of aromatic nitrogens is 1. The highest BCUT2D eigenvalue weighted by molar-refractivity contribution is 9.10. The van der Waals surface area contributed by atoms with Crippen molar-refractivity contribution in [1.82, 2.24) is 10.4 Å². The number of methoxy groups -OCH3 is 1. The molecule has 2 aromatic rings. The molecule has 0 aliphatic carbocycles. The van der Waals surface area contributed by atoms with Crippen LogP contribution in [0.5, 0.6) is 5.75 Å². The summed E-state index contributed by atoms with van der Waals surface area (Å²) in [5.74, 6) is 6.54. The SMILES string of the molecule is COc1ccc(Br)cc1CC(NN)c1cccc(C)n1. The molecule has 1 unspecified atom stereocenters. The number of nitrogens with two attached hydrogens (primary N) is 1. The molecule has 0 aliphatic rings. The van der Waals surface area contributed by atoms with Gasteiger partial charge in [-0.3, -0.25) is 16.3 Å². The Morgan fingerprint density at radius 2 is 2.15 bits per heavy atom. The van der Waals surface area contributed by atoms with Crippen molar-refractivity contribution in [3.8, 4) is 5.75 Å². The van der Waals surface area contributed by atoms with Crippen LogP contribution in [0.2, 0.25) is 0 Å². The third-order valence-electron chi connectivity index (χ3n) is 3.13. The van der Waals surface area contributed by atoms with E-state index in [0.717, 1.165) is 27.2 Å². The van der Waals surface area contributed by atoms with Crippen LogP contribution in [0, 0.1) is 6.92 Å². The number of rotatable bonds is 5. The van der Waals surface area contributed by atoms with Crippen LogP contribution >= 0.6 is 15.9 Å². The third-order valence-corrected chi connectivity index (χ3v) is 3.63. The van der Waals surface area contributed by atoms with Gasteiger partial charge in [-0.2, -0.15) is 0 Å². The molecule has 0 radical (unpaired) electrons. The number of halogens is 1. The summed E-state index contributed by atoms with van der Waals surface area (Å²) in [6.07, 6.45) is 0.704. The highest BCUT2D eigenvalue weighted by atomic mass is 79.9. The van der Waals surface area contributed by atoms with Crippen molar-refractivity contribution in [1.29, 1.82) is 0 Å². The van der Waals surface area contributed by atoms with E-state index >= 15 is 0 Å². The molecule has 1 atom stereocenters. The van der Waals surface area contributed by atoms with Crippen molar-refractivity contribution >= 4 is 15.9 Å². The minimum Gasteiger partial charge on any atom is -0.496 e. The molecular weight excluding hydrogens is 318 g/mol. The normalized spacial score (nSPS) is 12.2. The molecule has 0 saturated heterocycles. The van der Waals surface area contributed by atoms with Crippen LogP contribution in [0.15, 0.2) is 40.9 Å². The van der Waals surface area contributed by atoms with Crippen molar-refractivity contribution in [2.24, 2.45) is 5.84 Å². The summed E-state index contributed by atoms with van der Waals surface area (Å²) in [6.45, 7) is 1.97. The summed E-state index contributed by atoms with van der Waals surface area (Å²) in [6, 6.07) is 11.8. The topological polar surface area (TPSA) is 60.2 Å². The Morgan fingerprint density at radius 1 is 1.35 bits per heavy atom. The number of pyridine rings is 1. The number of hydrazine groups is 1. The lowest BCUT2D eigenvalue weighted by molar-refractivity contribution is 0.405. The first-order valence-electron chi connectivity index (χ1n) is 6.36. The van der Waals surface area contributed by atoms with E-state index in [-0.39, 0.29) is 6.04 Å². The molecule has 2 rings (SSSR count). The van der Waals surface area contributed by atoms with Crippen LogP contribution in [0.1, 0.15) is 23.0 Å². The van der Waals surface area contributed by atoms with Gasteiger partial charge < -0.3 is 4.74 Å². The second-order valence-electron chi connectivity index (χ2n) is 4.58. The first-order chi connectivity index (χ1) is 9.63. The van der Waals surface area contributed by atoms with Gasteiger partial charge in [-0.1, -0.05) is 22.0 Å². The maximum atomic E-state index is 5.69. The summed E-state index contributed by atoms with van der Waals surface area (Å²) in [4.78, 5) is 4.52. The highest BCUT2D eigenvalue weighted by Crippen LogP contribution is 2.27. The van der Waals surface area contributed by atoms with Crippen LogP contribution in [0.3, 0.4) is 0 Å². The van der Waals surface area contributed by atoms with E-state index in [4.69, 9.17) is 10.6 Å². The van der Waals surface area contributed by atoms with E-state index in [2.05, 4.69) is 26.3 Å². The standard InChI is InChI=1S/C15H18BrN3O/c1-10-4-3-5-13(18-10)14(19-17)9-11-8-12(16)6-7-15(11)20-2/h3-8,14,19H,9,17H2,1-2H3. The number of aryl methyl sites for hydroxylation is 1. The molecule has 1 heterocycles. The van der Waals surface area contributed by atoms with Crippen molar-refractivity contribution in [3.05, 3.63) is 57.8 Å². The Kier molecular flexibility index (Phi) is 5.11. The Morgan fingerprint density at radius 3 is 2.80 bits per heavy atom. The fraction of sp³-hybridized carbons (Fsp3) is 0.267. The minimum absolute atomic E-state index is 0.0573. The zero-order valence-corrected chi connectivity index (χ0v) is 13.1. The van der Waals surface area contributed by atoms with Crippen molar-refractivity contribution in [2.45, 2.75) is 19.4 Å². The monoisotopic (exact) mass is 335 g/mol. The third kappa shape index (κ3) is 3.56. The zero-order chi connectivity index (χ0) is 14.5. The summed E-state index contributed by atoms with van der Waals surface area (Å²) in [5.41, 5.74) is 5.81.